The van der Waals surface area contributed by atoms with Crippen molar-refractivity contribution < 1.29 is 4.79 Å². The zero-order chi connectivity index (χ0) is 13.8. The Labute approximate surface area is 145 Å². The van der Waals surface area contributed by atoms with Crippen LogP contribution in [0.25, 0.3) is 11.4 Å². The van der Waals surface area contributed by atoms with Gasteiger partial charge in [-0.15, -0.1) is 36.2 Å². The van der Waals surface area contributed by atoms with Crippen LogP contribution in [0.1, 0.15) is 19.3 Å². The van der Waals surface area contributed by atoms with Crippen LogP contribution in [0.2, 0.25) is 0 Å². The maximum atomic E-state index is 12.1. The summed E-state index contributed by atoms with van der Waals surface area (Å²) in [6.45, 7) is 0.912. The largest absolute Gasteiger partial charge is 0.306 e. The number of hydrogen-bond donors (Lipinski definition) is 2. The number of halogens is 2. The minimum atomic E-state index is -0.0917. The Balaban J connectivity index is 0.00000121. The van der Waals surface area contributed by atoms with E-state index in [0.717, 1.165) is 37.2 Å². The fraction of sp³-hybridized carbons (Fsp3) is 0.357. The monoisotopic (exact) mass is 360 g/mol. The molecule has 0 radical (unpaired) electrons. The van der Waals surface area contributed by atoms with Crippen molar-refractivity contribution in [1.82, 2.24) is 15.3 Å². The molecule has 1 unspecified atom stereocenters. The lowest BCUT2D eigenvalue weighted by molar-refractivity contribution is -0.118. The molecule has 8 heteroatoms. The van der Waals surface area contributed by atoms with Gasteiger partial charge in [0.15, 0.2) is 5.13 Å². The average molecular weight is 361 g/mol. The quantitative estimate of drug-likeness (QED) is 0.882. The number of nitrogens with zero attached hydrogens (tertiary/aromatic N) is 2. The number of anilines is 1. The summed E-state index contributed by atoms with van der Waals surface area (Å²) in [5.74, 6) is 0.00613. The molecule has 1 aliphatic heterocycles. The normalized spacial score (nSPS) is 17.0. The molecule has 0 aliphatic carbocycles. The van der Waals surface area contributed by atoms with E-state index in [0.29, 0.717) is 5.13 Å². The number of thiazole rings is 1. The van der Waals surface area contributed by atoms with Crippen molar-refractivity contribution in [2.45, 2.75) is 25.3 Å². The Morgan fingerprint density at radius 1 is 1.27 bits per heavy atom. The zero-order valence-electron chi connectivity index (χ0n) is 11.8. The van der Waals surface area contributed by atoms with E-state index >= 15 is 0 Å². The first-order chi connectivity index (χ1) is 9.83. The second-order valence-electron chi connectivity index (χ2n) is 4.74. The minimum absolute atomic E-state index is 0. The summed E-state index contributed by atoms with van der Waals surface area (Å²) in [5, 5.41) is 8.65. The first-order valence-electron chi connectivity index (χ1n) is 6.74. The molecule has 5 nitrogen and oxygen atoms in total. The summed E-state index contributed by atoms with van der Waals surface area (Å²) < 4.78 is 0. The number of carbonyl (C=O) groups excluding carboxylic acids is 1. The molecule has 0 aromatic carbocycles. The highest BCUT2D eigenvalue weighted by atomic mass is 35.5. The number of pyridine rings is 1. The van der Waals surface area contributed by atoms with Crippen LogP contribution in [0.15, 0.2) is 29.8 Å². The first-order valence-corrected chi connectivity index (χ1v) is 7.62. The van der Waals surface area contributed by atoms with E-state index in [-0.39, 0.29) is 36.8 Å². The fourth-order valence-corrected chi connectivity index (χ4v) is 2.94. The lowest BCUT2D eigenvalue weighted by Crippen LogP contribution is -2.43. The third-order valence-electron chi connectivity index (χ3n) is 3.29. The summed E-state index contributed by atoms with van der Waals surface area (Å²) in [6.07, 6.45) is 4.87. The smallest absolute Gasteiger partial charge is 0.243 e. The van der Waals surface area contributed by atoms with Crippen LogP contribution in [0.4, 0.5) is 5.13 Å². The standard InChI is InChI=1S/C14H16N4OS.2ClH/c19-13(11-6-2-4-8-16-11)18-14-17-12(9-20-14)10-5-1-3-7-15-10;;/h1,3,5,7,9,11,16H,2,4,6,8H2,(H,17,18,19);2*1H. The molecular weight excluding hydrogens is 343 g/mol. The van der Waals surface area contributed by atoms with Crippen molar-refractivity contribution in [1.29, 1.82) is 0 Å². The van der Waals surface area contributed by atoms with Crippen LogP contribution >= 0.6 is 36.2 Å². The van der Waals surface area contributed by atoms with Gasteiger partial charge < -0.3 is 10.6 Å². The first kappa shape index (κ1) is 18.8. The van der Waals surface area contributed by atoms with Crippen molar-refractivity contribution in [3.63, 3.8) is 0 Å². The number of hydrogen-bond acceptors (Lipinski definition) is 5. The molecule has 0 bridgehead atoms. The molecule has 1 saturated heterocycles. The van der Waals surface area contributed by atoms with Gasteiger partial charge in [-0.2, -0.15) is 0 Å². The van der Waals surface area contributed by atoms with E-state index in [1.54, 1.807) is 6.20 Å². The van der Waals surface area contributed by atoms with Gasteiger partial charge in [-0.05, 0) is 31.5 Å². The topological polar surface area (TPSA) is 66.9 Å². The fourth-order valence-electron chi connectivity index (χ4n) is 2.23. The molecule has 0 spiro atoms. The predicted octanol–water partition coefficient (Wildman–Crippen LogP) is 3.13. The summed E-state index contributed by atoms with van der Waals surface area (Å²) in [4.78, 5) is 20.8. The van der Waals surface area contributed by atoms with Crippen LogP contribution in [0, 0.1) is 0 Å². The van der Waals surface area contributed by atoms with Gasteiger partial charge in [-0.3, -0.25) is 9.78 Å². The van der Waals surface area contributed by atoms with E-state index in [1.807, 2.05) is 23.6 Å². The Hall–Kier alpha value is -1.21. The Bertz CT molecular complexity index is 588. The molecule has 1 aliphatic rings. The van der Waals surface area contributed by atoms with Crippen LogP contribution in [0.5, 0.6) is 0 Å². The minimum Gasteiger partial charge on any atom is -0.306 e. The van der Waals surface area contributed by atoms with Crippen molar-refractivity contribution >= 4 is 47.2 Å². The van der Waals surface area contributed by atoms with E-state index in [2.05, 4.69) is 20.6 Å². The van der Waals surface area contributed by atoms with Crippen molar-refractivity contribution in [2.75, 3.05) is 11.9 Å². The molecule has 2 aromatic heterocycles. The van der Waals surface area contributed by atoms with Gasteiger partial charge in [0.05, 0.1) is 11.7 Å². The lowest BCUT2D eigenvalue weighted by atomic mass is 10.0. The molecule has 2 N–H and O–H groups in total. The maximum Gasteiger partial charge on any atom is 0.243 e. The number of amides is 1. The summed E-state index contributed by atoms with van der Waals surface area (Å²) >= 11 is 1.43. The van der Waals surface area contributed by atoms with Gasteiger partial charge in [0.1, 0.15) is 5.69 Å². The molecule has 1 atom stereocenters. The second kappa shape index (κ2) is 9.05. The van der Waals surface area contributed by atoms with Gasteiger partial charge in [0.2, 0.25) is 5.91 Å². The maximum absolute atomic E-state index is 12.1. The lowest BCUT2D eigenvalue weighted by Gasteiger charge is -2.21. The van der Waals surface area contributed by atoms with Crippen molar-refractivity contribution in [3.05, 3.63) is 29.8 Å². The summed E-state index contributed by atoms with van der Waals surface area (Å²) in [6, 6.07) is 5.61. The van der Waals surface area contributed by atoms with E-state index in [9.17, 15) is 4.79 Å². The Morgan fingerprint density at radius 3 is 2.82 bits per heavy atom. The third-order valence-corrected chi connectivity index (χ3v) is 4.05. The molecule has 3 rings (SSSR count). The van der Waals surface area contributed by atoms with Gasteiger partial charge in [-0.1, -0.05) is 12.5 Å². The highest BCUT2D eigenvalue weighted by Gasteiger charge is 2.21. The average Bonchev–Trinajstić information content (AvgIpc) is 2.97. The van der Waals surface area contributed by atoms with E-state index in [1.165, 1.54) is 11.3 Å². The summed E-state index contributed by atoms with van der Waals surface area (Å²) in [5.41, 5.74) is 1.61. The zero-order valence-corrected chi connectivity index (χ0v) is 14.3. The SMILES string of the molecule is Cl.Cl.O=C(Nc1nc(-c2ccccn2)cs1)C1CCCCN1. The molecule has 120 valence electrons. The van der Waals surface area contributed by atoms with Crippen molar-refractivity contribution in [3.8, 4) is 11.4 Å². The second-order valence-corrected chi connectivity index (χ2v) is 5.60. The molecule has 22 heavy (non-hydrogen) atoms. The van der Waals surface area contributed by atoms with E-state index in [4.69, 9.17) is 0 Å². The number of piperidine rings is 1. The number of carbonyl (C=O) groups is 1. The highest BCUT2D eigenvalue weighted by molar-refractivity contribution is 7.14. The molecule has 2 aromatic rings. The third kappa shape index (κ3) is 4.64. The molecule has 0 saturated carbocycles. The van der Waals surface area contributed by atoms with Crippen LogP contribution in [-0.2, 0) is 4.79 Å². The van der Waals surface area contributed by atoms with Gasteiger partial charge in [-0.25, -0.2) is 4.98 Å². The number of aromatic nitrogens is 2. The molecule has 1 fully saturated rings. The van der Waals surface area contributed by atoms with Crippen LogP contribution in [-0.4, -0.2) is 28.5 Å². The van der Waals surface area contributed by atoms with Gasteiger partial charge in [0.25, 0.3) is 0 Å². The highest BCUT2D eigenvalue weighted by Crippen LogP contribution is 2.23. The Morgan fingerprint density at radius 2 is 2.14 bits per heavy atom. The van der Waals surface area contributed by atoms with E-state index < -0.39 is 0 Å². The predicted molar refractivity (Wildman–Crippen MR) is 94.1 cm³/mol. The van der Waals surface area contributed by atoms with Crippen LogP contribution < -0.4 is 10.6 Å². The molecule has 1 amide bonds. The van der Waals surface area contributed by atoms with Gasteiger partial charge >= 0.3 is 0 Å². The molecule has 3 heterocycles. The van der Waals surface area contributed by atoms with Crippen LogP contribution in [0.3, 0.4) is 0 Å². The van der Waals surface area contributed by atoms with Gasteiger partial charge in [0, 0.05) is 11.6 Å². The Kier molecular flexibility index (Phi) is 7.75. The molecular formula is C14H18Cl2N4OS. The number of nitrogens with one attached hydrogen (secondary N) is 2. The van der Waals surface area contributed by atoms with Crippen molar-refractivity contribution in [2.24, 2.45) is 0 Å². The summed E-state index contributed by atoms with van der Waals surface area (Å²) in [7, 11) is 0. The number of rotatable bonds is 3.